The first kappa shape index (κ1) is 24.4. The lowest BCUT2D eigenvalue weighted by Gasteiger charge is -2.31. The number of benzene rings is 2. The monoisotopic (exact) mass is 516 g/mol. The van der Waals surface area contributed by atoms with E-state index in [4.69, 9.17) is 16.3 Å². The summed E-state index contributed by atoms with van der Waals surface area (Å²) in [5, 5.41) is 3.68. The van der Waals surface area contributed by atoms with Gasteiger partial charge < -0.3 is 15.0 Å². The van der Waals surface area contributed by atoms with Gasteiger partial charge in [0.25, 0.3) is 0 Å². The number of fused-ring (bicyclic) bond motifs is 1. The van der Waals surface area contributed by atoms with Crippen molar-refractivity contribution in [2.24, 2.45) is 0 Å². The lowest BCUT2D eigenvalue weighted by atomic mass is 9.98. The predicted molar refractivity (Wildman–Crippen MR) is 128 cm³/mol. The van der Waals surface area contributed by atoms with E-state index in [9.17, 15) is 18.0 Å². The SMILES string of the molecule is O=C(NC1CCOc2cc(C(F)(F)F)ccc21)N1CCC[C@@H]1c1ncncc1Cc1ccc(Cl)cc1. The molecule has 2 aromatic carbocycles. The molecule has 2 amide bonds. The standard InChI is InChI=1S/C26H24ClF3N4O2/c27-19-6-3-16(4-7-19)12-17-14-31-15-32-24(17)22-2-1-10-34(22)25(35)33-21-9-11-36-23-13-18(26(28,29)30)5-8-20(21)23/h3-8,13-15,21-22H,1-2,9-12H2,(H,33,35)/t21?,22-/m1/s1. The van der Waals surface area contributed by atoms with E-state index >= 15 is 0 Å². The van der Waals surface area contributed by atoms with Crippen LogP contribution in [0.2, 0.25) is 5.02 Å². The van der Waals surface area contributed by atoms with Gasteiger partial charge in [0.2, 0.25) is 0 Å². The fourth-order valence-corrected chi connectivity index (χ4v) is 4.99. The van der Waals surface area contributed by atoms with E-state index in [1.54, 1.807) is 11.1 Å². The molecule has 1 aromatic heterocycles. The lowest BCUT2D eigenvalue weighted by Crippen LogP contribution is -2.42. The van der Waals surface area contributed by atoms with E-state index < -0.39 is 17.8 Å². The summed E-state index contributed by atoms with van der Waals surface area (Å²) in [6, 6.07) is 10.0. The van der Waals surface area contributed by atoms with Crippen molar-refractivity contribution in [1.82, 2.24) is 20.2 Å². The van der Waals surface area contributed by atoms with Crippen LogP contribution in [0.15, 0.2) is 55.0 Å². The Kier molecular flexibility index (Phi) is 6.75. The number of amides is 2. The van der Waals surface area contributed by atoms with Gasteiger partial charge in [0.15, 0.2) is 0 Å². The topological polar surface area (TPSA) is 67.3 Å². The van der Waals surface area contributed by atoms with Crippen LogP contribution in [-0.4, -0.2) is 34.1 Å². The molecule has 1 unspecified atom stereocenters. The molecule has 36 heavy (non-hydrogen) atoms. The summed E-state index contributed by atoms with van der Waals surface area (Å²) in [6.45, 7) is 0.782. The van der Waals surface area contributed by atoms with Gasteiger partial charge in [-0.25, -0.2) is 14.8 Å². The average molecular weight is 517 g/mol. The first-order valence-corrected chi connectivity index (χ1v) is 12.1. The van der Waals surface area contributed by atoms with Gasteiger partial charge in [-0.1, -0.05) is 29.8 Å². The third-order valence-electron chi connectivity index (χ3n) is 6.64. The molecular formula is C26H24ClF3N4O2. The minimum Gasteiger partial charge on any atom is -0.493 e. The van der Waals surface area contributed by atoms with Crippen LogP contribution in [0.3, 0.4) is 0 Å². The molecule has 6 nitrogen and oxygen atoms in total. The van der Waals surface area contributed by atoms with Gasteiger partial charge in [-0.05, 0) is 48.2 Å². The number of alkyl halides is 3. The van der Waals surface area contributed by atoms with Crippen molar-refractivity contribution in [2.45, 2.75) is 43.9 Å². The van der Waals surface area contributed by atoms with Crippen molar-refractivity contribution in [3.63, 3.8) is 0 Å². The highest BCUT2D eigenvalue weighted by atomic mass is 35.5. The van der Waals surface area contributed by atoms with Crippen LogP contribution in [0.25, 0.3) is 0 Å². The lowest BCUT2D eigenvalue weighted by molar-refractivity contribution is -0.137. The second kappa shape index (κ2) is 9.97. The number of nitrogens with zero attached hydrogens (tertiary/aromatic N) is 3. The molecule has 0 radical (unpaired) electrons. The number of urea groups is 1. The van der Waals surface area contributed by atoms with Gasteiger partial charge in [-0.2, -0.15) is 13.2 Å². The van der Waals surface area contributed by atoms with E-state index in [0.717, 1.165) is 41.8 Å². The highest BCUT2D eigenvalue weighted by molar-refractivity contribution is 6.30. The van der Waals surface area contributed by atoms with Crippen LogP contribution >= 0.6 is 11.6 Å². The molecule has 0 saturated carbocycles. The normalized spacial score (nSPS) is 19.5. The van der Waals surface area contributed by atoms with Gasteiger partial charge in [0.05, 0.1) is 29.9 Å². The fourth-order valence-electron chi connectivity index (χ4n) is 4.87. The maximum absolute atomic E-state index is 13.4. The Labute approximate surface area is 211 Å². The number of aromatic nitrogens is 2. The Morgan fingerprint density at radius 1 is 1.17 bits per heavy atom. The summed E-state index contributed by atoms with van der Waals surface area (Å²) >= 11 is 6.01. The summed E-state index contributed by atoms with van der Waals surface area (Å²) in [5.41, 5.74) is 2.56. The zero-order chi connectivity index (χ0) is 25.3. The number of hydrogen-bond donors (Lipinski definition) is 1. The molecule has 10 heteroatoms. The van der Waals surface area contributed by atoms with E-state index in [0.29, 0.717) is 30.0 Å². The third kappa shape index (κ3) is 5.11. The molecule has 0 bridgehead atoms. The molecular weight excluding hydrogens is 493 g/mol. The Bertz CT molecular complexity index is 1250. The van der Waals surface area contributed by atoms with Gasteiger partial charge in [0, 0.05) is 36.2 Å². The Morgan fingerprint density at radius 2 is 1.97 bits per heavy atom. The highest BCUT2D eigenvalue weighted by Gasteiger charge is 2.36. The number of nitrogens with one attached hydrogen (secondary N) is 1. The van der Waals surface area contributed by atoms with Crippen molar-refractivity contribution >= 4 is 17.6 Å². The molecule has 0 spiro atoms. The number of carbonyl (C=O) groups is 1. The molecule has 2 aliphatic rings. The summed E-state index contributed by atoms with van der Waals surface area (Å²) in [4.78, 5) is 23.9. The zero-order valence-electron chi connectivity index (χ0n) is 19.3. The quantitative estimate of drug-likeness (QED) is 0.454. The van der Waals surface area contributed by atoms with Crippen molar-refractivity contribution in [2.75, 3.05) is 13.2 Å². The first-order chi connectivity index (χ1) is 17.3. The van der Waals surface area contributed by atoms with Gasteiger partial charge in [0.1, 0.15) is 12.1 Å². The van der Waals surface area contributed by atoms with Crippen molar-refractivity contribution < 1.29 is 22.7 Å². The fraction of sp³-hybridized carbons (Fsp3) is 0.346. The van der Waals surface area contributed by atoms with Crippen molar-refractivity contribution in [3.05, 3.63) is 88.0 Å². The Hall–Kier alpha value is -3.33. The van der Waals surface area contributed by atoms with Crippen LogP contribution < -0.4 is 10.1 Å². The highest BCUT2D eigenvalue weighted by Crippen LogP contribution is 2.39. The smallest absolute Gasteiger partial charge is 0.416 e. The second-order valence-electron chi connectivity index (χ2n) is 8.98. The molecule has 1 N–H and O–H groups in total. The molecule has 1 fully saturated rings. The number of hydrogen-bond acceptors (Lipinski definition) is 4. The number of ether oxygens (including phenoxy) is 1. The number of rotatable bonds is 4. The van der Waals surface area contributed by atoms with Gasteiger partial charge in [-0.15, -0.1) is 0 Å². The van der Waals surface area contributed by atoms with E-state index in [2.05, 4.69) is 15.3 Å². The Balaban J connectivity index is 1.34. The van der Waals surface area contributed by atoms with Crippen LogP contribution in [0.1, 0.15) is 59.3 Å². The predicted octanol–water partition coefficient (Wildman–Crippen LogP) is 6.11. The molecule has 2 atom stereocenters. The maximum atomic E-state index is 13.4. The molecule has 5 rings (SSSR count). The molecule has 1 saturated heterocycles. The average Bonchev–Trinajstić information content (AvgIpc) is 3.35. The van der Waals surface area contributed by atoms with E-state index in [1.807, 2.05) is 24.3 Å². The van der Waals surface area contributed by atoms with Gasteiger partial charge >= 0.3 is 12.2 Å². The molecule has 2 aliphatic heterocycles. The molecule has 3 heterocycles. The molecule has 188 valence electrons. The van der Waals surface area contributed by atoms with Crippen LogP contribution in [0, 0.1) is 0 Å². The number of likely N-dealkylation sites (tertiary alicyclic amines) is 1. The molecule has 0 aliphatic carbocycles. The van der Waals surface area contributed by atoms with E-state index in [1.165, 1.54) is 12.4 Å². The summed E-state index contributed by atoms with van der Waals surface area (Å²) in [5.74, 6) is 0.153. The number of carbonyl (C=O) groups excluding carboxylic acids is 1. The first-order valence-electron chi connectivity index (χ1n) is 11.7. The number of halogens is 4. The van der Waals surface area contributed by atoms with Crippen LogP contribution in [0.5, 0.6) is 5.75 Å². The van der Waals surface area contributed by atoms with E-state index in [-0.39, 0.29) is 24.4 Å². The Morgan fingerprint density at radius 3 is 2.75 bits per heavy atom. The summed E-state index contributed by atoms with van der Waals surface area (Å²) in [6.07, 6.45) is 1.46. The largest absolute Gasteiger partial charge is 0.493 e. The zero-order valence-corrected chi connectivity index (χ0v) is 20.0. The summed E-state index contributed by atoms with van der Waals surface area (Å²) in [7, 11) is 0. The van der Waals surface area contributed by atoms with Crippen molar-refractivity contribution in [1.29, 1.82) is 0 Å². The van der Waals surface area contributed by atoms with Crippen LogP contribution in [-0.2, 0) is 12.6 Å². The maximum Gasteiger partial charge on any atom is 0.416 e. The van der Waals surface area contributed by atoms with Crippen molar-refractivity contribution in [3.8, 4) is 5.75 Å². The minimum atomic E-state index is -4.46. The second-order valence-corrected chi connectivity index (χ2v) is 9.41. The van der Waals surface area contributed by atoms with Gasteiger partial charge in [-0.3, -0.25) is 0 Å². The minimum absolute atomic E-state index is 0.153. The third-order valence-corrected chi connectivity index (χ3v) is 6.89. The summed E-state index contributed by atoms with van der Waals surface area (Å²) < 4.78 is 44.8. The van der Waals surface area contributed by atoms with Crippen LogP contribution in [0.4, 0.5) is 18.0 Å². The molecule has 3 aromatic rings.